The van der Waals surface area contributed by atoms with Crippen LogP contribution in [0, 0.1) is 34.5 Å². The van der Waals surface area contributed by atoms with Gasteiger partial charge >= 0.3 is 0 Å². The first kappa shape index (κ1) is 19.6. The van der Waals surface area contributed by atoms with Crippen molar-refractivity contribution in [2.45, 2.75) is 83.8 Å². The Balaban J connectivity index is 1.93. The molecule has 3 nitrogen and oxygen atoms in total. The number of rotatable bonds is 1. The zero-order chi connectivity index (χ0) is 18.9. The van der Waals surface area contributed by atoms with E-state index in [2.05, 4.69) is 26.0 Å². The molecule has 3 rings (SSSR count). The molecule has 0 bridgehead atoms. The Morgan fingerprint density at radius 1 is 1.23 bits per heavy atom. The molecule has 0 aromatic heterocycles. The largest absolute Gasteiger partial charge is 0.386 e. The van der Waals surface area contributed by atoms with E-state index < -0.39 is 5.60 Å². The maximum absolute atomic E-state index is 10.6. The minimum absolute atomic E-state index is 0.116. The second kappa shape index (κ2) is 7.49. The van der Waals surface area contributed by atoms with Crippen LogP contribution in [0.1, 0.15) is 72.1 Å². The summed E-state index contributed by atoms with van der Waals surface area (Å²) in [6.07, 6.45) is 12.7. The smallest absolute Gasteiger partial charge is 0.0911 e. The lowest BCUT2D eigenvalue weighted by molar-refractivity contribution is -0.0781. The third kappa shape index (κ3) is 3.64. The highest BCUT2D eigenvalue weighted by molar-refractivity contribution is 5.28. The fourth-order valence-corrected chi connectivity index (χ4v) is 6.42. The molecular formula is C23H35NO2. The van der Waals surface area contributed by atoms with Gasteiger partial charge in [-0.15, -0.1) is 0 Å². The number of allylic oxidation sites excluding steroid dienone is 3. The molecule has 0 amide bonds. The van der Waals surface area contributed by atoms with E-state index in [0.717, 1.165) is 38.5 Å². The fraction of sp³-hybridized carbons (Fsp3) is 0.783. The lowest BCUT2D eigenvalue weighted by Gasteiger charge is -2.51. The van der Waals surface area contributed by atoms with E-state index in [1.54, 1.807) is 0 Å². The fourth-order valence-electron chi connectivity index (χ4n) is 6.42. The van der Waals surface area contributed by atoms with Gasteiger partial charge in [0.1, 0.15) is 0 Å². The Bertz CT molecular complexity index is 627. The van der Waals surface area contributed by atoms with Crippen molar-refractivity contribution in [2.24, 2.45) is 23.2 Å². The van der Waals surface area contributed by atoms with Crippen molar-refractivity contribution in [1.82, 2.24) is 0 Å². The van der Waals surface area contributed by atoms with Crippen LogP contribution in [0.25, 0.3) is 0 Å². The standard InChI is InChI=1S/C23H35NO2/c1-16-7-9-18-19(6-5-12-22(2,25)14-16)21(26-4)15-23(3)17(11-13-24)8-10-20(18)23/h11,14,18-21,25H,5-10,12,15H2,1-4H3. The summed E-state index contributed by atoms with van der Waals surface area (Å²) >= 11 is 0. The van der Waals surface area contributed by atoms with Crippen molar-refractivity contribution < 1.29 is 9.84 Å². The van der Waals surface area contributed by atoms with Crippen molar-refractivity contribution in [1.29, 1.82) is 5.26 Å². The second-order valence-electron chi connectivity index (χ2n) is 9.45. The van der Waals surface area contributed by atoms with Crippen molar-refractivity contribution in [2.75, 3.05) is 7.11 Å². The van der Waals surface area contributed by atoms with Crippen molar-refractivity contribution >= 4 is 0 Å². The molecule has 3 aliphatic rings. The zero-order valence-corrected chi connectivity index (χ0v) is 16.9. The maximum atomic E-state index is 10.6. The van der Waals surface area contributed by atoms with Gasteiger partial charge in [0.15, 0.2) is 0 Å². The summed E-state index contributed by atoms with van der Waals surface area (Å²) in [5, 5.41) is 19.9. The molecule has 0 radical (unpaired) electrons. The third-order valence-corrected chi connectivity index (χ3v) is 7.64. The number of aliphatic hydroxyl groups is 1. The van der Waals surface area contributed by atoms with Crippen LogP contribution in [0.3, 0.4) is 0 Å². The Hall–Kier alpha value is -1.11. The quantitative estimate of drug-likeness (QED) is 0.520. The van der Waals surface area contributed by atoms with E-state index in [1.807, 2.05) is 20.1 Å². The van der Waals surface area contributed by atoms with E-state index in [0.29, 0.717) is 17.8 Å². The highest BCUT2D eigenvalue weighted by Crippen LogP contribution is 2.61. The lowest BCUT2D eigenvalue weighted by atomic mass is 9.56. The average Bonchev–Trinajstić information content (AvgIpc) is 2.89. The number of hydrogen-bond donors (Lipinski definition) is 1. The minimum atomic E-state index is -0.682. The Morgan fingerprint density at radius 2 is 2.00 bits per heavy atom. The van der Waals surface area contributed by atoms with E-state index in [4.69, 9.17) is 4.74 Å². The molecule has 3 heteroatoms. The highest BCUT2D eigenvalue weighted by atomic mass is 16.5. The summed E-state index contributed by atoms with van der Waals surface area (Å²) in [4.78, 5) is 0. The molecular weight excluding hydrogens is 322 g/mol. The van der Waals surface area contributed by atoms with Gasteiger partial charge in [0.25, 0.3) is 0 Å². The van der Waals surface area contributed by atoms with Crippen LogP contribution in [-0.2, 0) is 4.74 Å². The monoisotopic (exact) mass is 357 g/mol. The molecule has 0 heterocycles. The molecule has 6 atom stereocenters. The van der Waals surface area contributed by atoms with Crippen LogP contribution >= 0.6 is 0 Å². The van der Waals surface area contributed by atoms with Crippen LogP contribution in [0.4, 0.5) is 0 Å². The summed E-state index contributed by atoms with van der Waals surface area (Å²) in [7, 11) is 1.86. The first-order chi connectivity index (χ1) is 12.3. The van der Waals surface area contributed by atoms with Crippen LogP contribution < -0.4 is 0 Å². The molecule has 26 heavy (non-hydrogen) atoms. The second-order valence-corrected chi connectivity index (χ2v) is 9.45. The van der Waals surface area contributed by atoms with E-state index >= 15 is 0 Å². The molecule has 0 aromatic carbocycles. The van der Waals surface area contributed by atoms with Gasteiger partial charge in [0.05, 0.1) is 17.8 Å². The molecule has 2 saturated carbocycles. The predicted octanol–water partition coefficient (Wildman–Crippen LogP) is 5.17. The SMILES string of the molecule is COC1CC2(C)C(=CC#N)CCC2C2CCC(C)=CC(C)(O)CCCC12. The lowest BCUT2D eigenvalue weighted by Crippen LogP contribution is -2.47. The summed E-state index contributed by atoms with van der Waals surface area (Å²) in [5.41, 5.74) is 2.09. The molecule has 6 unspecified atom stereocenters. The molecule has 0 spiro atoms. The number of hydrogen-bond acceptors (Lipinski definition) is 3. The Morgan fingerprint density at radius 3 is 2.69 bits per heavy atom. The van der Waals surface area contributed by atoms with E-state index in [1.165, 1.54) is 24.0 Å². The van der Waals surface area contributed by atoms with Crippen LogP contribution in [-0.4, -0.2) is 23.9 Å². The number of nitriles is 1. The van der Waals surface area contributed by atoms with Gasteiger partial charge in [0.2, 0.25) is 0 Å². The third-order valence-electron chi connectivity index (χ3n) is 7.64. The van der Waals surface area contributed by atoms with E-state index in [-0.39, 0.29) is 11.5 Å². The summed E-state index contributed by atoms with van der Waals surface area (Å²) in [6.45, 7) is 6.48. The van der Waals surface area contributed by atoms with Gasteiger partial charge < -0.3 is 9.84 Å². The first-order valence-corrected chi connectivity index (χ1v) is 10.3. The van der Waals surface area contributed by atoms with Crippen LogP contribution in [0.15, 0.2) is 23.3 Å². The molecule has 2 fully saturated rings. The molecule has 1 N–H and O–H groups in total. The summed E-state index contributed by atoms with van der Waals surface area (Å²) < 4.78 is 6.02. The van der Waals surface area contributed by atoms with Gasteiger partial charge in [-0.1, -0.05) is 24.1 Å². The van der Waals surface area contributed by atoms with Crippen molar-refractivity contribution in [3.8, 4) is 6.07 Å². The minimum Gasteiger partial charge on any atom is -0.386 e. The molecule has 3 aliphatic carbocycles. The topological polar surface area (TPSA) is 53.2 Å². The van der Waals surface area contributed by atoms with Gasteiger partial charge in [-0.05, 0) is 88.4 Å². The number of methoxy groups -OCH3 is 1. The van der Waals surface area contributed by atoms with Gasteiger partial charge in [-0.2, -0.15) is 5.26 Å². The van der Waals surface area contributed by atoms with Crippen LogP contribution in [0.5, 0.6) is 0 Å². The van der Waals surface area contributed by atoms with Crippen molar-refractivity contribution in [3.63, 3.8) is 0 Å². The first-order valence-electron chi connectivity index (χ1n) is 10.3. The van der Waals surface area contributed by atoms with Crippen LogP contribution in [0.2, 0.25) is 0 Å². The summed E-state index contributed by atoms with van der Waals surface area (Å²) in [6, 6.07) is 2.29. The average molecular weight is 358 g/mol. The van der Waals surface area contributed by atoms with E-state index in [9.17, 15) is 10.4 Å². The van der Waals surface area contributed by atoms with Gasteiger partial charge in [0, 0.05) is 13.2 Å². The van der Waals surface area contributed by atoms with Gasteiger partial charge in [-0.3, -0.25) is 0 Å². The molecule has 0 aliphatic heterocycles. The number of fused-ring (bicyclic) bond motifs is 3. The Labute approximate surface area is 159 Å². The highest BCUT2D eigenvalue weighted by Gasteiger charge is 2.54. The number of nitrogens with zero attached hydrogens (tertiary/aromatic N) is 1. The molecule has 0 saturated heterocycles. The van der Waals surface area contributed by atoms with Crippen molar-refractivity contribution in [3.05, 3.63) is 23.3 Å². The zero-order valence-electron chi connectivity index (χ0n) is 16.9. The maximum Gasteiger partial charge on any atom is 0.0911 e. The molecule has 144 valence electrons. The summed E-state index contributed by atoms with van der Waals surface area (Å²) in [5.74, 6) is 1.88. The Kier molecular flexibility index (Phi) is 5.66. The normalized spacial score (nSPS) is 45.4. The van der Waals surface area contributed by atoms with Gasteiger partial charge in [-0.25, -0.2) is 0 Å². The number of ether oxygens (including phenoxy) is 1. The predicted molar refractivity (Wildman–Crippen MR) is 104 cm³/mol. The molecule has 0 aromatic rings.